The van der Waals surface area contributed by atoms with Crippen molar-refractivity contribution in [1.82, 2.24) is 5.32 Å². The zero-order chi connectivity index (χ0) is 11.2. The summed E-state index contributed by atoms with van der Waals surface area (Å²) in [7, 11) is 0. The molecule has 0 unspecified atom stereocenters. The molecule has 0 atom stereocenters. The van der Waals surface area contributed by atoms with E-state index in [2.05, 4.69) is 5.32 Å². The fourth-order valence-electron chi connectivity index (χ4n) is 2.01. The molecule has 0 radical (unpaired) electrons. The summed E-state index contributed by atoms with van der Waals surface area (Å²) in [5, 5.41) is 3.45. The smallest absolute Gasteiger partial charge is 0.126 e. The maximum absolute atomic E-state index is 13.3. The van der Waals surface area contributed by atoms with Crippen LogP contribution in [0.3, 0.4) is 0 Å². The van der Waals surface area contributed by atoms with Crippen LogP contribution in [0.2, 0.25) is 0 Å². The standard InChI is InChI=1S/C13H18FNO/c14-13-4-2-1-3-11(13)5-8-15-12-6-9-16-10-7-12/h1-4,12,15H,5-10H2. The van der Waals surface area contributed by atoms with E-state index in [0.717, 1.165) is 44.6 Å². The summed E-state index contributed by atoms with van der Waals surface area (Å²) >= 11 is 0. The van der Waals surface area contributed by atoms with E-state index in [1.165, 1.54) is 6.07 Å². The van der Waals surface area contributed by atoms with E-state index in [1.54, 1.807) is 6.07 Å². The molecule has 0 bridgehead atoms. The Morgan fingerprint density at radius 3 is 2.75 bits per heavy atom. The van der Waals surface area contributed by atoms with Crippen molar-refractivity contribution < 1.29 is 9.13 Å². The summed E-state index contributed by atoms with van der Waals surface area (Å²) in [6.45, 7) is 2.53. The van der Waals surface area contributed by atoms with Crippen LogP contribution in [0.5, 0.6) is 0 Å². The Bertz CT molecular complexity index is 323. The molecule has 1 fully saturated rings. The van der Waals surface area contributed by atoms with E-state index in [4.69, 9.17) is 4.74 Å². The number of nitrogens with one attached hydrogen (secondary N) is 1. The van der Waals surface area contributed by atoms with Crippen molar-refractivity contribution in [2.24, 2.45) is 0 Å². The Hall–Kier alpha value is -0.930. The molecule has 16 heavy (non-hydrogen) atoms. The van der Waals surface area contributed by atoms with Gasteiger partial charge in [0.05, 0.1) is 0 Å². The van der Waals surface area contributed by atoms with Crippen molar-refractivity contribution in [3.63, 3.8) is 0 Å². The molecule has 0 amide bonds. The lowest BCUT2D eigenvalue weighted by Crippen LogP contribution is -2.35. The van der Waals surface area contributed by atoms with Gasteiger partial charge in [-0.25, -0.2) is 4.39 Å². The van der Waals surface area contributed by atoms with Gasteiger partial charge >= 0.3 is 0 Å². The van der Waals surface area contributed by atoms with Crippen LogP contribution in [0.4, 0.5) is 4.39 Å². The zero-order valence-electron chi connectivity index (χ0n) is 9.42. The van der Waals surface area contributed by atoms with E-state index in [0.29, 0.717) is 6.04 Å². The van der Waals surface area contributed by atoms with E-state index in [-0.39, 0.29) is 5.82 Å². The molecule has 1 aliphatic rings. The second-order valence-electron chi connectivity index (χ2n) is 4.18. The zero-order valence-corrected chi connectivity index (χ0v) is 9.42. The van der Waals surface area contributed by atoms with Crippen LogP contribution in [-0.2, 0) is 11.2 Å². The van der Waals surface area contributed by atoms with Crippen molar-refractivity contribution >= 4 is 0 Å². The third-order valence-corrected chi connectivity index (χ3v) is 3.01. The van der Waals surface area contributed by atoms with Crippen LogP contribution in [0, 0.1) is 5.82 Å². The highest BCUT2D eigenvalue weighted by molar-refractivity contribution is 5.17. The van der Waals surface area contributed by atoms with Crippen molar-refractivity contribution in [3.05, 3.63) is 35.6 Å². The highest BCUT2D eigenvalue weighted by atomic mass is 19.1. The molecule has 1 saturated heterocycles. The largest absolute Gasteiger partial charge is 0.381 e. The van der Waals surface area contributed by atoms with Gasteiger partial charge in [-0.1, -0.05) is 18.2 Å². The molecule has 0 aliphatic carbocycles. The molecule has 0 spiro atoms. The van der Waals surface area contributed by atoms with Gasteiger partial charge in [0, 0.05) is 19.3 Å². The molecule has 1 aromatic rings. The summed E-state index contributed by atoms with van der Waals surface area (Å²) in [5.41, 5.74) is 0.794. The number of rotatable bonds is 4. The Labute approximate surface area is 95.8 Å². The molecular weight excluding hydrogens is 205 g/mol. The monoisotopic (exact) mass is 223 g/mol. The highest BCUT2D eigenvalue weighted by Gasteiger charge is 2.12. The number of ether oxygens (including phenoxy) is 1. The molecule has 1 heterocycles. The van der Waals surface area contributed by atoms with Gasteiger partial charge in [-0.05, 0) is 37.4 Å². The summed E-state index contributed by atoms with van der Waals surface area (Å²) in [5.74, 6) is -0.101. The minimum Gasteiger partial charge on any atom is -0.381 e. The lowest BCUT2D eigenvalue weighted by molar-refractivity contribution is 0.0782. The van der Waals surface area contributed by atoms with Crippen LogP contribution < -0.4 is 5.32 Å². The SMILES string of the molecule is Fc1ccccc1CCNC1CCOCC1. The van der Waals surface area contributed by atoms with Crippen LogP contribution in [0.15, 0.2) is 24.3 Å². The van der Waals surface area contributed by atoms with E-state index in [9.17, 15) is 4.39 Å². The minimum atomic E-state index is -0.101. The Kier molecular flexibility index (Phi) is 4.31. The molecule has 0 aromatic heterocycles. The average Bonchev–Trinajstić information content (AvgIpc) is 2.33. The molecule has 1 N–H and O–H groups in total. The molecule has 88 valence electrons. The van der Waals surface area contributed by atoms with Gasteiger partial charge in [-0.2, -0.15) is 0 Å². The summed E-state index contributed by atoms with van der Waals surface area (Å²) in [6, 6.07) is 7.52. The fourth-order valence-corrected chi connectivity index (χ4v) is 2.01. The predicted octanol–water partition coefficient (Wildman–Crippen LogP) is 2.14. The first-order valence-corrected chi connectivity index (χ1v) is 5.91. The van der Waals surface area contributed by atoms with Crippen molar-refractivity contribution in [1.29, 1.82) is 0 Å². The summed E-state index contributed by atoms with van der Waals surface area (Å²) in [6.07, 6.45) is 2.89. The van der Waals surface area contributed by atoms with Crippen LogP contribution >= 0.6 is 0 Å². The number of hydrogen-bond donors (Lipinski definition) is 1. The second-order valence-corrected chi connectivity index (χ2v) is 4.18. The predicted molar refractivity (Wildman–Crippen MR) is 61.9 cm³/mol. The first-order valence-electron chi connectivity index (χ1n) is 5.91. The van der Waals surface area contributed by atoms with Crippen LogP contribution in [0.1, 0.15) is 18.4 Å². The number of hydrogen-bond acceptors (Lipinski definition) is 2. The summed E-state index contributed by atoms with van der Waals surface area (Å²) < 4.78 is 18.6. The van der Waals surface area contributed by atoms with Crippen molar-refractivity contribution in [2.45, 2.75) is 25.3 Å². The molecule has 2 rings (SSSR count). The Balaban J connectivity index is 1.73. The van der Waals surface area contributed by atoms with Gasteiger partial charge in [0.25, 0.3) is 0 Å². The lowest BCUT2D eigenvalue weighted by Gasteiger charge is -2.23. The van der Waals surface area contributed by atoms with E-state index in [1.807, 2.05) is 12.1 Å². The molecule has 3 heteroatoms. The maximum atomic E-state index is 13.3. The van der Waals surface area contributed by atoms with Gasteiger partial charge in [0.1, 0.15) is 5.82 Å². The third kappa shape index (κ3) is 3.29. The molecule has 0 saturated carbocycles. The number of benzene rings is 1. The minimum absolute atomic E-state index is 0.101. The van der Waals surface area contributed by atoms with Crippen LogP contribution in [-0.4, -0.2) is 25.8 Å². The average molecular weight is 223 g/mol. The van der Waals surface area contributed by atoms with Gasteiger partial charge in [-0.3, -0.25) is 0 Å². The quantitative estimate of drug-likeness (QED) is 0.844. The topological polar surface area (TPSA) is 21.3 Å². The summed E-state index contributed by atoms with van der Waals surface area (Å²) in [4.78, 5) is 0. The van der Waals surface area contributed by atoms with E-state index >= 15 is 0 Å². The van der Waals surface area contributed by atoms with Gasteiger partial charge in [0.2, 0.25) is 0 Å². The van der Waals surface area contributed by atoms with Gasteiger partial charge in [0.15, 0.2) is 0 Å². The van der Waals surface area contributed by atoms with Crippen molar-refractivity contribution in [2.75, 3.05) is 19.8 Å². The Morgan fingerprint density at radius 1 is 1.25 bits per heavy atom. The first kappa shape index (κ1) is 11.6. The third-order valence-electron chi connectivity index (χ3n) is 3.01. The van der Waals surface area contributed by atoms with E-state index < -0.39 is 0 Å². The van der Waals surface area contributed by atoms with Gasteiger partial charge in [-0.15, -0.1) is 0 Å². The molecular formula is C13H18FNO. The first-order chi connectivity index (χ1) is 7.86. The van der Waals surface area contributed by atoms with Gasteiger partial charge < -0.3 is 10.1 Å². The normalized spacial score (nSPS) is 17.6. The van der Waals surface area contributed by atoms with Crippen LogP contribution in [0.25, 0.3) is 0 Å². The van der Waals surface area contributed by atoms with Crippen molar-refractivity contribution in [3.8, 4) is 0 Å². The maximum Gasteiger partial charge on any atom is 0.126 e. The lowest BCUT2D eigenvalue weighted by atomic mass is 10.1. The highest BCUT2D eigenvalue weighted by Crippen LogP contribution is 2.08. The Morgan fingerprint density at radius 2 is 2.00 bits per heavy atom. The molecule has 2 nitrogen and oxygen atoms in total. The molecule has 1 aromatic carbocycles. The second kappa shape index (κ2) is 5.97. The fraction of sp³-hybridized carbons (Fsp3) is 0.538. The number of halogens is 1. The molecule has 1 aliphatic heterocycles.